The van der Waals surface area contributed by atoms with E-state index < -0.39 is 10.9 Å². The fraction of sp³-hybridized carbons (Fsp3) is 0. The van der Waals surface area contributed by atoms with Crippen molar-refractivity contribution in [2.45, 2.75) is 9.92 Å². The highest BCUT2D eigenvalue weighted by atomic mass is 32.2. The summed E-state index contributed by atoms with van der Waals surface area (Å²) in [7, 11) is 0. The van der Waals surface area contributed by atoms with E-state index >= 15 is 0 Å². The van der Waals surface area contributed by atoms with Gasteiger partial charge in [-0.25, -0.2) is 9.97 Å². The maximum Gasteiger partial charge on any atom is 0.269 e. The van der Waals surface area contributed by atoms with Crippen LogP contribution < -0.4 is 0 Å². The van der Waals surface area contributed by atoms with E-state index in [9.17, 15) is 14.5 Å². The van der Waals surface area contributed by atoms with Crippen molar-refractivity contribution >= 4 is 17.4 Å². The van der Waals surface area contributed by atoms with Gasteiger partial charge in [0.05, 0.1) is 4.92 Å². The molecule has 0 saturated carbocycles. The van der Waals surface area contributed by atoms with Gasteiger partial charge in [0, 0.05) is 23.1 Å². The lowest BCUT2D eigenvalue weighted by molar-refractivity contribution is -0.384. The average Bonchev–Trinajstić information content (AvgIpc) is 2.29. The third kappa shape index (κ3) is 2.97. The Morgan fingerprint density at radius 1 is 1.24 bits per heavy atom. The molecule has 1 aromatic heterocycles. The molecular formula is C10H6FN3O2S. The lowest BCUT2D eigenvalue weighted by atomic mass is 10.3. The van der Waals surface area contributed by atoms with Gasteiger partial charge in [-0.2, -0.15) is 4.39 Å². The highest BCUT2D eigenvalue weighted by molar-refractivity contribution is 7.99. The molecule has 86 valence electrons. The molecule has 5 nitrogen and oxygen atoms in total. The van der Waals surface area contributed by atoms with Crippen LogP contribution in [0.15, 0.2) is 46.6 Å². The van der Waals surface area contributed by atoms with Crippen LogP contribution in [0.1, 0.15) is 0 Å². The Morgan fingerprint density at radius 2 is 1.94 bits per heavy atom. The van der Waals surface area contributed by atoms with E-state index in [4.69, 9.17) is 0 Å². The minimum atomic E-state index is -0.607. The maximum atomic E-state index is 12.8. The smallest absolute Gasteiger partial charge is 0.258 e. The lowest BCUT2D eigenvalue weighted by Gasteiger charge is -1.99. The summed E-state index contributed by atoms with van der Waals surface area (Å²) in [5, 5.41) is 10.9. The van der Waals surface area contributed by atoms with Crippen LogP contribution in [0.2, 0.25) is 0 Å². The molecule has 17 heavy (non-hydrogen) atoms. The molecule has 0 amide bonds. The second-order valence-corrected chi connectivity index (χ2v) is 4.13. The summed E-state index contributed by atoms with van der Waals surface area (Å²) in [6.45, 7) is 0. The Hall–Kier alpha value is -2.02. The number of aromatic nitrogens is 2. The number of halogens is 1. The van der Waals surface area contributed by atoms with Crippen LogP contribution in [0.5, 0.6) is 0 Å². The molecule has 0 spiro atoms. The molecule has 2 rings (SSSR count). The first-order valence-electron chi connectivity index (χ1n) is 4.55. The molecule has 0 aliphatic heterocycles. The van der Waals surface area contributed by atoms with Crippen molar-refractivity contribution in [3.8, 4) is 0 Å². The zero-order valence-electron chi connectivity index (χ0n) is 8.41. The minimum Gasteiger partial charge on any atom is -0.258 e. The number of nitro benzene ring substituents is 1. The van der Waals surface area contributed by atoms with E-state index in [1.807, 2.05) is 0 Å². The lowest BCUT2D eigenvalue weighted by Crippen LogP contribution is -1.88. The largest absolute Gasteiger partial charge is 0.269 e. The predicted molar refractivity (Wildman–Crippen MR) is 59.2 cm³/mol. The topological polar surface area (TPSA) is 68.9 Å². The molecule has 7 heteroatoms. The van der Waals surface area contributed by atoms with Gasteiger partial charge in [0.2, 0.25) is 5.95 Å². The van der Waals surface area contributed by atoms with Crippen molar-refractivity contribution in [3.05, 3.63) is 52.7 Å². The molecule has 0 aliphatic carbocycles. The normalized spacial score (nSPS) is 10.2. The summed E-state index contributed by atoms with van der Waals surface area (Å²) in [4.78, 5) is 17.9. The standard InChI is InChI=1S/C10H6FN3O2S/c11-9-5-10(13-6-12-9)17-8-3-1-7(2-4-8)14(15)16/h1-6H. The van der Waals surface area contributed by atoms with Crippen LogP contribution in [0.25, 0.3) is 0 Å². The van der Waals surface area contributed by atoms with Gasteiger partial charge in [0.1, 0.15) is 11.4 Å². The summed E-state index contributed by atoms with van der Waals surface area (Å²) in [5.41, 5.74) is 0.0169. The summed E-state index contributed by atoms with van der Waals surface area (Å²) in [6, 6.07) is 7.15. The van der Waals surface area contributed by atoms with Crippen molar-refractivity contribution < 1.29 is 9.31 Å². The van der Waals surface area contributed by atoms with Crippen LogP contribution in [0.4, 0.5) is 10.1 Å². The highest BCUT2D eigenvalue weighted by Gasteiger charge is 2.05. The summed E-state index contributed by atoms with van der Waals surface area (Å²) >= 11 is 1.21. The monoisotopic (exact) mass is 251 g/mol. The summed E-state index contributed by atoms with van der Waals surface area (Å²) in [5.74, 6) is -0.607. The van der Waals surface area contributed by atoms with Gasteiger partial charge in [0.25, 0.3) is 5.69 Å². The predicted octanol–water partition coefficient (Wildman–Crippen LogP) is 2.68. The molecule has 0 N–H and O–H groups in total. The first-order chi connectivity index (χ1) is 8.15. The van der Waals surface area contributed by atoms with Gasteiger partial charge in [0.15, 0.2) is 0 Å². The molecule has 0 radical (unpaired) electrons. The third-order valence-electron chi connectivity index (χ3n) is 1.88. The third-order valence-corrected chi connectivity index (χ3v) is 2.82. The molecule has 1 heterocycles. The van der Waals surface area contributed by atoms with Crippen molar-refractivity contribution in [2.75, 3.05) is 0 Å². The molecule has 1 aromatic carbocycles. The quantitative estimate of drug-likeness (QED) is 0.476. The van der Waals surface area contributed by atoms with E-state index in [1.165, 1.54) is 30.0 Å². The van der Waals surface area contributed by atoms with Crippen molar-refractivity contribution in [1.29, 1.82) is 0 Å². The van der Waals surface area contributed by atoms with Crippen LogP contribution in [0.3, 0.4) is 0 Å². The maximum absolute atomic E-state index is 12.8. The van der Waals surface area contributed by atoms with Gasteiger partial charge in [-0.15, -0.1) is 0 Å². The molecule has 0 unspecified atom stereocenters. The van der Waals surface area contributed by atoms with Gasteiger partial charge in [-0.05, 0) is 12.1 Å². The number of rotatable bonds is 3. The number of nitrogens with zero attached hydrogens (tertiary/aromatic N) is 3. The molecule has 0 bridgehead atoms. The number of hydrogen-bond donors (Lipinski definition) is 0. The van der Waals surface area contributed by atoms with Gasteiger partial charge in [-0.1, -0.05) is 11.8 Å². The van der Waals surface area contributed by atoms with Crippen LogP contribution in [0, 0.1) is 16.1 Å². The fourth-order valence-electron chi connectivity index (χ4n) is 1.13. The van der Waals surface area contributed by atoms with Crippen LogP contribution in [-0.4, -0.2) is 14.9 Å². The fourth-order valence-corrected chi connectivity index (χ4v) is 1.90. The number of benzene rings is 1. The Kier molecular flexibility index (Phi) is 3.29. The van der Waals surface area contributed by atoms with Crippen LogP contribution in [-0.2, 0) is 0 Å². The van der Waals surface area contributed by atoms with Gasteiger partial charge < -0.3 is 0 Å². The van der Waals surface area contributed by atoms with Gasteiger partial charge in [-0.3, -0.25) is 10.1 Å². The average molecular weight is 251 g/mol. The number of nitro groups is 1. The summed E-state index contributed by atoms with van der Waals surface area (Å²) < 4.78 is 12.8. The van der Waals surface area contributed by atoms with Crippen molar-refractivity contribution in [1.82, 2.24) is 9.97 Å². The second-order valence-electron chi connectivity index (χ2n) is 3.03. The van der Waals surface area contributed by atoms with E-state index in [1.54, 1.807) is 12.1 Å². The second kappa shape index (κ2) is 4.88. The summed E-state index contributed by atoms with van der Waals surface area (Å²) in [6.07, 6.45) is 1.13. The number of non-ortho nitro benzene ring substituents is 1. The minimum absolute atomic E-state index is 0.0169. The first kappa shape index (κ1) is 11.5. The Labute approximate surface area is 99.9 Å². The molecule has 0 aliphatic rings. The molecular weight excluding hydrogens is 245 g/mol. The molecule has 0 atom stereocenters. The molecule has 2 aromatic rings. The Morgan fingerprint density at radius 3 is 2.53 bits per heavy atom. The van der Waals surface area contributed by atoms with Gasteiger partial charge >= 0.3 is 0 Å². The van der Waals surface area contributed by atoms with E-state index in [-0.39, 0.29) is 5.69 Å². The molecule has 0 saturated heterocycles. The zero-order chi connectivity index (χ0) is 12.3. The first-order valence-corrected chi connectivity index (χ1v) is 5.36. The highest BCUT2D eigenvalue weighted by Crippen LogP contribution is 2.27. The number of hydrogen-bond acceptors (Lipinski definition) is 5. The van der Waals surface area contributed by atoms with E-state index in [0.29, 0.717) is 5.03 Å². The van der Waals surface area contributed by atoms with Crippen molar-refractivity contribution in [2.24, 2.45) is 0 Å². The Bertz CT molecular complexity index is 548. The van der Waals surface area contributed by atoms with E-state index in [2.05, 4.69) is 9.97 Å². The molecule has 0 fully saturated rings. The Balaban J connectivity index is 2.16. The zero-order valence-corrected chi connectivity index (χ0v) is 9.22. The van der Waals surface area contributed by atoms with Crippen molar-refractivity contribution in [3.63, 3.8) is 0 Å². The van der Waals surface area contributed by atoms with E-state index in [0.717, 1.165) is 11.2 Å². The van der Waals surface area contributed by atoms with Crippen LogP contribution >= 0.6 is 11.8 Å². The SMILES string of the molecule is O=[N+]([O-])c1ccc(Sc2cc(F)ncn2)cc1.